The third-order valence-corrected chi connectivity index (χ3v) is 5.31. The Morgan fingerprint density at radius 2 is 2.15 bits per heavy atom. The molecule has 106 valence electrons. The van der Waals surface area contributed by atoms with Crippen LogP contribution in [-0.4, -0.2) is 11.9 Å². The van der Waals surface area contributed by atoms with Crippen LogP contribution in [0.25, 0.3) is 0 Å². The molecule has 1 atom stereocenters. The van der Waals surface area contributed by atoms with Gasteiger partial charge in [0.1, 0.15) is 0 Å². The summed E-state index contributed by atoms with van der Waals surface area (Å²) in [5.74, 6) is -0.0171. The van der Waals surface area contributed by atoms with Gasteiger partial charge in [-0.1, -0.05) is 15.9 Å². The van der Waals surface area contributed by atoms with E-state index in [9.17, 15) is 4.79 Å². The Labute approximate surface area is 145 Å². The first-order valence-electron chi connectivity index (χ1n) is 6.27. The maximum atomic E-state index is 12.3. The summed E-state index contributed by atoms with van der Waals surface area (Å²) < 4.78 is 1.88. The highest BCUT2D eigenvalue weighted by atomic mass is 127. The molecule has 0 saturated heterocycles. The lowest BCUT2D eigenvalue weighted by Crippen LogP contribution is -2.34. The van der Waals surface area contributed by atoms with Crippen LogP contribution in [-0.2, 0) is 6.42 Å². The quantitative estimate of drug-likeness (QED) is 0.649. The minimum absolute atomic E-state index is 0.0171. The van der Waals surface area contributed by atoms with Gasteiger partial charge in [-0.3, -0.25) is 4.79 Å². The number of halogens is 2. The summed E-state index contributed by atoms with van der Waals surface area (Å²) in [4.78, 5) is 14.9. The molecule has 1 N–H and O–H groups in total. The van der Waals surface area contributed by atoms with Gasteiger partial charge in [-0.25, -0.2) is 0 Å². The first-order chi connectivity index (χ1) is 9.45. The van der Waals surface area contributed by atoms with Crippen molar-refractivity contribution in [2.45, 2.75) is 26.3 Å². The molecule has 0 radical (unpaired) electrons. The van der Waals surface area contributed by atoms with Crippen molar-refractivity contribution in [3.63, 3.8) is 0 Å². The Bertz CT molecular complexity index is 626. The molecule has 0 bridgehead atoms. The minimum Gasteiger partial charge on any atom is -0.349 e. The Hall–Kier alpha value is -0.400. The molecule has 1 aromatic carbocycles. The van der Waals surface area contributed by atoms with Crippen molar-refractivity contribution in [1.29, 1.82) is 0 Å². The molecule has 2 aromatic rings. The number of hydrogen-bond acceptors (Lipinski definition) is 2. The first kappa shape index (κ1) is 16.0. The topological polar surface area (TPSA) is 29.1 Å². The van der Waals surface area contributed by atoms with Gasteiger partial charge in [0, 0.05) is 30.3 Å². The van der Waals surface area contributed by atoms with Crippen LogP contribution >= 0.6 is 49.9 Å². The predicted octanol–water partition coefficient (Wildman–Crippen LogP) is 4.78. The fourth-order valence-corrected chi connectivity index (χ4v) is 3.88. The summed E-state index contributed by atoms with van der Waals surface area (Å²) in [6.45, 7) is 4.14. The lowest BCUT2D eigenvalue weighted by Gasteiger charge is -2.14. The fourth-order valence-electron chi connectivity index (χ4n) is 1.92. The van der Waals surface area contributed by atoms with Crippen LogP contribution in [0.2, 0.25) is 0 Å². The van der Waals surface area contributed by atoms with Gasteiger partial charge < -0.3 is 5.32 Å². The summed E-state index contributed by atoms with van der Waals surface area (Å²) in [7, 11) is 0. The van der Waals surface area contributed by atoms with E-state index in [2.05, 4.69) is 62.9 Å². The molecule has 1 unspecified atom stereocenters. The van der Waals surface area contributed by atoms with Crippen molar-refractivity contribution < 1.29 is 4.79 Å². The van der Waals surface area contributed by atoms with Crippen LogP contribution in [0.1, 0.15) is 27.0 Å². The van der Waals surface area contributed by atoms with Crippen molar-refractivity contribution >= 4 is 55.8 Å². The Morgan fingerprint density at radius 1 is 1.40 bits per heavy atom. The van der Waals surface area contributed by atoms with Gasteiger partial charge in [-0.05, 0) is 66.8 Å². The van der Waals surface area contributed by atoms with E-state index in [1.807, 2.05) is 25.1 Å². The van der Waals surface area contributed by atoms with Crippen LogP contribution in [0.15, 0.2) is 34.8 Å². The van der Waals surface area contributed by atoms with Crippen molar-refractivity contribution in [2.24, 2.45) is 0 Å². The van der Waals surface area contributed by atoms with Crippen molar-refractivity contribution in [3.8, 4) is 0 Å². The first-order valence-corrected chi connectivity index (χ1v) is 8.96. The SMILES string of the molecule is Cc1ccc(CC(C)NC(=O)c2cc(Br)ccc2I)s1. The van der Waals surface area contributed by atoms with Crippen LogP contribution < -0.4 is 5.32 Å². The second-order valence-electron chi connectivity index (χ2n) is 4.72. The fraction of sp³-hybridized carbons (Fsp3) is 0.267. The van der Waals surface area contributed by atoms with E-state index >= 15 is 0 Å². The monoisotopic (exact) mass is 463 g/mol. The average molecular weight is 464 g/mol. The zero-order chi connectivity index (χ0) is 14.7. The number of amides is 1. The highest BCUT2D eigenvalue weighted by Crippen LogP contribution is 2.19. The molecular formula is C15H15BrINOS. The summed E-state index contributed by atoms with van der Waals surface area (Å²) in [6.07, 6.45) is 0.870. The molecule has 5 heteroatoms. The molecule has 1 heterocycles. The van der Waals surface area contributed by atoms with Crippen LogP contribution in [0, 0.1) is 10.5 Å². The van der Waals surface area contributed by atoms with Crippen LogP contribution in [0.4, 0.5) is 0 Å². The molecule has 0 aliphatic carbocycles. The molecule has 0 aliphatic heterocycles. The number of aryl methyl sites for hydroxylation is 1. The standard InChI is InChI=1S/C15H15BrINOS/c1-9(7-12-5-3-10(2)20-12)18-15(19)13-8-11(16)4-6-14(13)17/h3-6,8-9H,7H2,1-2H3,(H,18,19). The van der Waals surface area contributed by atoms with Crippen molar-refractivity contribution in [3.05, 3.63) is 53.7 Å². The van der Waals surface area contributed by atoms with E-state index in [4.69, 9.17) is 0 Å². The smallest absolute Gasteiger partial charge is 0.252 e. The van der Waals surface area contributed by atoms with Crippen molar-refractivity contribution in [2.75, 3.05) is 0 Å². The van der Waals surface area contributed by atoms with Gasteiger partial charge in [0.05, 0.1) is 5.56 Å². The van der Waals surface area contributed by atoms with Gasteiger partial charge in [0.25, 0.3) is 5.91 Å². The van der Waals surface area contributed by atoms with E-state index in [-0.39, 0.29) is 11.9 Å². The number of hydrogen-bond donors (Lipinski definition) is 1. The summed E-state index contributed by atoms with van der Waals surface area (Å²) in [6, 6.07) is 10.1. The molecule has 20 heavy (non-hydrogen) atoms. The lowest BCUT2D eigenvalue weighted by atomic mass is 10.1. The second kappa shape index (κ2) is 7.04. The summed E-state index contributed by atoms with van der Waals surface area (Å²) >= 11 is 7.38. The molecule has 0 saturated carbocycles. The van der Waals surface area contributed by atoms with E-state index in [0.29, 0.717) is 5.56 Å². The Morgan fingerprint density at radius 3 is 2.80 bits per heavy atom. The number of carbonyl (C=O) groups excluding carboxylic acids is 1. The highest BCUT2D eigenvalue weighted by molar-refractivity contribution is 14.1. The van der Waals surface area contributed by atoms with E-state index in [0.717, 1.165) is 14.5 Å². The van der Waals surface area contributed by atoms with E-state index in [1.54, 1.807) is 11.3 Å². The molecule has 2 nitrogen and oxygen atoms in total. The van der Waals surface area contributed by atoms with Gasteiger partial charge in [-0.2, -0.15) is 0 Å². The van der Waals surface area contributed by atoms with Crippen LogP contribution in [0.3, 0.4) is 0 Å². The van der Waals surface area contributed by atoms with Crippen LogP contribution in [0.5, 0.6) is 0 Å². The van der Waals surface area contributed by atoms with Gasteiger partial charge in [0.2, 0.25) is 0 Å². The van der Waals surface area contributed by atoms with Gasteiger partial charge in [-0.15, -0.1) is 11.3 Å². The molecule has 2 rings (SSSR count). The maximum absolute atomic E-state index is 12.3. The zero-order valence-corrected chi connectivity index (χ0v) is 15.8. The summed E-state index contributed by atoms with van der Waals surface area (Å²) in [5, 5.41) is 3.06. The van der Waals surface area contributed by atoms with Crippen molar-refractivity contribution in [1.82, 2.24) is 5.32 Å². The molecule has 0 fully saturated rings. The second-order valence-corrected chi connectivity index (χ2v) is 8.17. The minimum atomic E-state index is -0.0171. The predicted molar refractivity (Wildman–Crippen MR) is 96.5 cm³/mol. The number of rotatable bonds is 4. The highest BCUT2D eigenvalue weighted by Gasteiger charge is 2.14. The number of benzene rings is 1. The average Bonchev–Trinajstić information content (AvgIpc) is 2.77. The number of carbonyl (C=O) groups is 1. The molecular weight excluding hydrogens is 449 g/mol. The maximum Gasteiger partial charge on any atom is 0.252 e. The summed E-state index contributed by atoms with van der Waals surface area (Å²) in [5.41, 5.74) is 0.717. The largest absolute Gasteiger partial charge is 0.349 e. The third-order valence-electron chi connectivity index (χ3n) is 2.85. The third kappa shape index (κ3) is 4.30. The van der Waals surface area contributed by atoms with Gasteiger partial charge in [0.15, 0.2) is 0 Å². The van der Waals surface area contributed by atoms with Gasteiger partial charge >= 0.3 is 0 Å². The zero-order valence-electron chi connectivity index (χ0n) is 11.2. The Kier molecular flexibility index (Phi) is 5.63. The molecule has 1 aromatic heterocycles. The van der Waals surface area contributed by atoms with E-state index < -0.39 is 0 Å². The lowest BCUT2D eigenvalue weighted by molar-refractivity contribution is 0.0939. The number of thiophene rings is 1. The Balaban J connectivity index is 2.02. The molecule has 0 aliphatic rings. The normalized spacial score (nSPS) is 12.2. The molecule has 1 amide bonds. The molecule has 0 spiro atoms. The number of nitrogens with one attached hydrogen (secondary N) is 1. The van der Waals surface area contributed by atoms with E-state index in [1.165, 1.54) is 9.75 Å².